The van der Waals surface area contributed by atoms with Crippen LogP contribution in [-0.2, 0) is 4.52 Å². The second kappa shape index (κ2) is 9.81. The van der Waals surface area contributed by atoms with Gasteiger partial charge in [-0.3, -0.25) is 0 Å². The molecule has 164 valence electrons. The molecule has 0 radical (unpaired) electrons. The molecule has 1 saturated heterocycles. The van der Waals surface area contributed by atoms with Gasteiger partial charge in [-0.2, -0.15) is 0 Å². The molecule has 0 spiro atoms. The van der Waals surface area contributed by atoms with E-state index in [9.17, 15) is 0 Å². The molecule has 0 N–H and O–H groups in total. The Morgan fingerprint density at radius 3 is 1.83 bits per heavy atom. The average molecular weight is 471 g/mol. The van der Waals surface area contributed by atoms with Gasteiger partial charge >= 0.3 is 0 Å². The minimum absolute atomic E-state index is 0.0302. The van der Waals surface area contributed by atoms with Crippen LogP contribution in [0, 0.1) is 0 Å². The third kappa shape index (κ3) is 6.38. The zero-order valence-electron chi connectivity index (χ0n) is 19.2. The molecule has 2 fully saturated rings. The fraction of sp³-hybridized carbons (Fsp3) is 0.727. The predicted octanol–water partition coefficient (Wildman–Crippen LogP) is 6.89. The first-order chi connectivity index (χ1) is 13.6. The van der Waals surface area contributed by atoms with Crippen molar-refractivity contribution in [1.29, 1.82) is 0 Å². The fourth-order valence-corrected chi connectivity index (χ4v) is 12.9. The molecule has 29 heavy (non-hydrogen) atoms. The van der Waals surface area contributed by atoms with E-state index < -0.39 is 24.6 Å². The van der Waals surface area contributed by atoms with Crippen molar-refractivity contribution in [3.05, 3.63) is 35.9 Å². The SMILES string of the molecule is C[Si](C)(C)CN1[C@@H]2CCCC[C@H]2N(C[Si](C)(C)C)P1O[C@@H](CCl)c1ccccc1. The molecule has 0 unspecified atom stereocenters. The van der Waals surface area contributed by atoms with Gasteiger partial charge < -0.3 is 4.52 Å². The van der Waals surface area contributed by atoms with Crippen molar-refractivity contribution >= 4 is 36.2 Å². The maximum absolute atomic E-state index is 6.98. The van der Waals surface area contributed by atoms with Gasteiger partial charge in [0, 0.05) is 12.1 Å². The Hall–Kier alpha value is 0.254. The summed E-state index contributed by atoms with van der Waals surface area (Å²) in [5.41, 5.74) is 1.21. The maximum atomic E-state index is 6.98. The standard InChI is InChI=1S/C22H40ClN2OPSi2/c1-28(2,3)17-24-20-14-10-11-15-21(20)25(18-29(4,5)6)27(24)26-22(16-23)19-12-8-7-9-13-19/h7-9,12-13,20-22H,10-11,14-18H2,1-6H3/t20-,21-,22+/m1/s1. The molecule has 3 nitrogen and oxygen atoms in total. The van der Waals surface area contributed by atoms with Gasteiger partial charge in [-0.1, -0.05) is 82.5 Å². The Bertz CT molecular complexity index is 620. The van der Waals surface area contributed by atoms with E-state index in [4.69, 9.17) is 16.1 Å². The van der Waals surface area contributed by atoms with Crippen LogP contribution in [0.25, 0.3) is 0 Å². The summed E-state index contributed by atoms with van der Waals surface area (Å²) in [5, 5.41) is 0. The molecule has 2 aliphatic rings. The zero-order chi connectivity index (χ0) is 21.2. The lowest BCUT2D eigenvalue weighted by Crippen LogP contribution is -2.46. The summed E-state index contributed by atoms with van der Waals surface area (Å²) in [5.74, 6) is 0.514. The molecule has 1 aliphatic carbocycles. The van der Waals surface area contributed by atoms with Crippen molar-refractivity contribution in [2.75, 3.05) is 18.2 Å². The van der Waals surface area contributed by atoms with Crippen molar-refractivity contribution in [3.63, 3.8) is 0 Å². The summed E-state index contributed by atoms with van der Waals surface area (Å²) in [4.78, 5) is 0. The van der Waals surface area contributed by atoms with E-state index >= 15 is 0 Å². The predicted molar refractivity (Wildman–Crippen MR) is 134 cm³/mol. The van der Waals surface area contributed by atoms with Crippen molar-refractivity contribution in [3.8, 4) is 0 Å². The zero-order valence-corrected chi connectivity index (χ0v) is 22.8. The highest BCUT2D eigenvalue weighted by atomic mass is 35.5. The van der Waals surface area contributed by atoms with Crippen LogP contribution in [0.4, 0.5) is 0 Å². The fourth-order valence-electron chi connectivity index (χ4n) is 4.60. The smallest absolute Gasteiger partial charge is 0.188 e. The van der Waals surface area contributed by atoms with E-state index in [2.05, 4.69) is 79.0 Å². The van der Waals surface area contributed by atoms with E-state index in [0.717, 1.165) is 0 Å². The average Bonchev–Trinajstić information content (AvgIpc) is 2.90. The van der Waals surface area contributed by atoms with Crippen LogP contribution < -0.4 is 0 Å². The number of rotatable bonds is 8. The lowest BCUT2D eigenvalue weighted by Gasteiger charge is -2.37. The third-order valence-corrected chi connectivity index (χ3v) is 11.3. The lowest BCUT2D eigenvalue weighted by molar-refractivity contribution is 0.222. The quantitative estimate of drug-likeness (QED) is 0.233. The number of nitrogens with zero attached hydrogens (tertiary/aromatic N) is 2. The second-order valence-corrected chi connectivity index (χ2v) is 24.1. The van der Waals surface area contributed by atoms with Crippen LogP contribution in [-0.4, -0.2) is 55.8 Å². The molecule has 3 atom stereocenters. The Morgan fingerprint density at radius 1 is 0.931 bits per heavy atom. The molecule has 1 aromatic rings. The number of fused-ring (bicyclic) bond motifs is 1. The number of hydrogen-bond acceptors (Lipinski definition) is 3. The van der Waals surface area contributed by atoms with Crippen molar-refractivity contribution in [2.45, 2.75) is 83.2 Å². The maximum Gasteiger partial charge on any atom is 0.188 e. The van der Waals surface area contributed by atoms with Crippen LogP contribution in [0.3, 0.4) is 0 Å². The summed E-state index contributed by atoms with van der Waals surface area (Å²) in [6, 6.07) is 11.9. The molecular formula is C22H40ClN2OPSi2. The second-order valence-electron chi connectivity index (χ2n) is 11.1. The Balaban J connectivity index is 1.93. The highest BCUT2D eigenvalue weighted by Crippen LogP contribution is 2.60. The molecule has 0 bridgehead atoms. The first-order valence-electron chi connectivity index (χ1n) is 11.2. The van der Waals surface area contributed by atoms with E-state index in [1.165, 1.54) is 43.6 Å². The van der Waals surface area contributed by atoms with Crippen molar-refractivity contribution in [1.82, 2.24) is 9.34 Å². The molecule has 1 aromatic carbocycles. The Labute approximate surface area is 187 Å². The largest absolute Gasteiger partial charge is 0.322 e. The van der Waals surface area contributed by atoms with Gasteiger partial charge in [0.05, 0.1) is 22.0 Å². The number of halogens is 1. The summed E-state index contributed by atoms with van der Waals surface area (Å²) in [6.07, 6.45) is 7.82. The molecular weight excluding hydrogens is 431 g/mol. The van der Waals surface area contributed by atoms with E-state index in [1.807, 2.05) is 0 Å². The Morgan fingerprint density at radius 2 is 1.41 bits per heavy atom. The van der Waals surface area contributed by atoms with Gasteiger partial charge in [0.25, 0.3) is 0 Å². The van der Waals surface area contributed by atoms with Crippen LogP contribution in [0.1, 0.15) is 37.4 Å². The highest BCUT2D eigenvalue weighted by molar-refractivity contribution is 7.48. The monoisotopic (exact) mass is 470 g/mol. The number of benzene rings is 1. The van der Waals surface area contributed by atoms with Gasteiger partial charge in [-0.05, 0) is 30.7 Å². The summed E-state index contributed by atoms with van der Waals surface area (Å²) < 4.78 is 12.6. The normalized spacial score (nSPS) is 25.9. The minimum atomic E-state index is -1.26. The summed E-state index contributed by atoms with van der Waals surface area (Å²) in [6.45, 7) is 15.0. The number of hydrogen-bond donors (Lipinski definition) is 0. The molecule has 1 saturated carbocycles. The van der Waals surface area contributed by atoms with Crippen LogP contribution >= 0.6 is 20.1 Å². The summed E-state index contributed by atoms with van der Waals surface area (Å²) in [7, 11) is -3.28. The molecule has 0 amide bonds. The first-order valence-corrected chi connectivity index (χ1v) is 20.3. The van der Waals surface area contributed by atoms with E-state index in [1.54, 1.807) is 0 Å². The third-order valence-electron chi connectivity index (χ3n) is 5.70. The van der Waals surface area contributed by atoms with Gasteiger partial charge in [0.2, 0.25) is 0 Å². The molecule has 0 aromatic heterocycles. The topological polar surface area (TPSA) is 15.7 Å². The lowest BCUT2D eigenvalue weighted by atomic mass is 9.90. The first kappa shape index (κ1) is 23.9. The number of alkyl halides is 1. The van der Waals surface area contributed by atoms with Gasteiger partial charge in [0.1, 0.15) is 6.10 Å². The molecule has 7 heteroatoms. The molecule has 1 aliphatic heterocycles. The van der Waals surface area contributed by atoms with Crippen LogP contribution in [0.15, 0.2) is 30.3 Å². The minimum Gasteiger partial charge on any atom is -0.322 e. The molecule has 1 heterocycles. The van der Waals surface area contributed by atoms with E-state index in [-0.39, 0.29) is 6.10 Å². The van der Waals surface area contributed by atoms with Gasteiger partial charge in [-0.25, -0.2) is 9.34 Å². The highest BCUT2D eigenvalue weighted by Gasteiger charge is 2.51. The van der Waals surface area contributed by atoms with Crippen molar-refractivity contribution in [2.24, 2.45) is 0 Å². The Kier molecular flexibility index (Phi) is 8.09. The van der Waals surface area contributed by atoms with E-state index in [0.29, 0.717) is 18.0 Å². The molecule has 3 rings (SSSR count). The van der Waals surface area contributed by atoms with Gasteiger partial charge in [0.15, 0.2) is 8.45 Å². The van der Waals surface area contributed by atoms with Crippen LogP contribution in [0.5, 0.6) is 0 Å². The van der Waals surface area contributed by atoms with Crippen molar-refractivity contribution < 1.29 is 4.52 Å². The van der Waals surface area contributed by atoms with Gasteiger partial charge in [-0.15, -0.1) is 11.6 Å². The van der Waals surface area contributed by atoms with Crippen LogP contribution in [0.2, 0.25) is 39.3 Å². The summed E-state index contributed by atoms with van der Waals surface area (Å²) >= 11 is 6.46.